The van der Waals surface area contributed by atoms with Gasteiger partial charge in [0.15, 0.2) is 24.1 Å². The summed E-state index contributed by atoms with van der Waals surface area (Å²) in [6.45, 7) is 0. The summed E-state index contributed by atoms with van der Waals surface area (Å²) in [5.41, 5.74) is 0. The number of rotatable bonds is 2. The van der Waals surface area contributed by atoms with E-state index in [1.807, 2.05) is 0 Å². The van der Waals surface area contributed by atoms with Crippen LogP contribution in [0.3, 0.4) is 0 Å². The second-order valence-corrected chi connectivity index (χ2v) is 2.27. The van der Waals surface area contributed by atoms with Crippen molar-refractivity contribution in [1.82, 2.24) is 0 Å². The fraction of sp³-hybridized carbons (Fsp3) is 0. The Hall–Kier alpha value is -2.14. The van der Waals surface area contributed by atoms with Crippen LogP contribution in [0, 0.1) is 0 Å². The molecule has 2 rings (SSSR count). The summed E-state index contributed by atoms with van der Waals surface area (Å²) in [5.74, 6) is 0.750. The summed E-state index contributed by atoms with van der Waals surface area (Å²) in [5, 5.41) is 0. The van der Waals surface area contributed by atoms with Crippen molar-refractivity contribution < 1.29 is 23.9 Å². The Balaban J connectivity index is 0.000000245. The van der Waals surface area contributed by atoms with E-state index < -0.39 is 0 Å². The van der Waals surface area contributed by atoms with Crippen molar-refractivity contribution in [3.63, 3.8) is 0 Å². The molecule has 2 N–H and O–H groups in total. The third-order valence-electron chi connectivity index (χ3n) is 1.32. The summed E-state index contributed by atoms with van der Waals surface area (Å²) in [4.78, 5) is 19.5. The maximum absolute atomic E-state index is 9.77. The lowest BCUT2D eigenvalue weighted by atomic mass is 10.5. The van der Waals surface area contributed by atoms with Crippen LogP contribution in [0.1, 0.15) is 21.1 Å². The van der Waals surface area contributed by atoms with Crippen molar-refractivity contribution >= 4 is 12.6 Å². The first-order valence-electron chi connectivity index (χ1n) is 3.84. The van der Waals surface area contributed by atoms with Crippen LogP contribution in [-0.4, -0.2) is 18.0 Å². The van der Waals surface area contributed by atoms with Gasteiger partial charge in [0.05, 0.1) is 12.5 Å². The Morgan fingerprint density at radius 3 is 1.40 bits per heavy atom. The van der Waals surface area contributed by atoms with Crippen molar-refractivity contribution in [2.45, 2.75) is 0 Å². The fourth-order valence-corrected chi connectivity index (χ4v) is 0.717. The average molecular weight is 210 g/mol. The monoisotopic (exact) mass is 210 g/mol. The molecule has 0 radical (unpaired) electrons. The zero-order valence-corrected chi connectivity index (χ0v) is 7.75. The minimum absolute atomic E-state index is 0. The van der Waals surface area contributed by atoms with Gasteiger partial charge in [-0.2, -0.15) is 0 Å². The molecule has 0 spiro atoms. The first kappa shape index (κ1) is 12.9. The second kappa shape index (κ2) is 7.28. The lowest BCUT2D eigenvalue weighted by Crippen LogP contribution is -1.65. The molecular formula is C10H10O5. The van der Waals surface area contributed by atoms with Gasteiger partial charge in [0.2, 0.25) is 0 Å². The lowest BCUT2D eigenvalue weighted by molar-refractivity contribution is 0.109. The molecule has 0 fully saturated rings. The van der Waals surface area contributed by atoms with Crippen LogP contribution >= 0.6 is 0 Å². The molecule has 0 saturated carbocycles. The van der Waals surface area contributed by atoms with E-state index >= 15 is 0 Å². The van der Waals surface area contributed by atoms with Gasteiger partial charge in [0.1, 0.15) is 0 Å². The molecule has 15 heavy (non-hydrogen) atoms. The van der Waals surface area contributed by atoms with E-state index in [0.717, 1.165) is 0 Å². The minimum atomic E-state index is 0. The minimum Gasteiger partial charge on any atom is -0.462 e. The van der Waals surface area contributed by atoms with Crippen molar-refractivity contribution in [2.24, 2.45) is 0 Å². The van der Waals surface area contributed by atoms with Crippen molar-refractivity contribution in [3.05, 3.63) is 48.3 Å². The van der Waals surface area contributed by atoms with Gasteiger partial charge in [-0.05, 0) is 24.3 Å². The number of hydrogen-bond donors (Lipinski definition) is 0. The van der Waals surface area contributed by atoms with E-state index in [0.29, 0.717) is 24.1 Å². The van der Waals surface area contributed by atoms with Crippen LogP contribution in [0.25, 0.3) is 0 Å². The van der Waals surface area contributed by atoms with E-state index in [9.17, 15) is 9.59 Å². The van der Waals surface area contributed by atoms with Crippen LogP contribution in [0.4, 0.5) is 0 Å². The van der Waals surface area contributed by atoms with Crippen LogP contribution in [0.5, 0.6) is 0 Å². The van der Waals surface area contributed by atoms with E-state index in [2.05, 4.69) is 8.83 Å². The van der Waals surface area contributed by atoms with Crippen LogP contribution in [0.2, 0.25) is 0 Å². The summed E-state index contributed by atoms with van der Waals surface area (Å²) in [6, 6.07) is 6.55. The molecule has 80 valence electrons. The van der Waals surface area contributed by atoms with Crippen LogP contribution < -0.4 is 0 Å². The summed E-state index contributed by atoms with van der Waals surface area (Å²) < 4.78 is 9.23. The predicted molar refractivity (Wildman–Crippen MR) is 51.8 cm³/mol. The zero-order chi connectivity index (χ0) is 10.2. The molecule has 0 amide bonds. The molecule has 0 saturated heterocycles. The maximum Gasteiger partial charge on any atom is 0.185 e. The lowest BCUT2D eigenvalue weighted by Gasteiger charge is -1.68. The highest BCUT2D eigenvalue weighted by Crippen LogP contribution is 1.93. The second-order valence-electron chi connectivity index (χ2n) is 2.27. The Labute approximate surface area is 85.6 Å². The van der Waals surface area contributed by atoms with Gasteiger partial charge in [-0.1, -0.05) is 0 Å². The molecule has 0 unspecified atom stereocenters. The van der Waals surface area contributed by atoms with Crippen molar-refractivity contribution in [1.29, 1.82) is 0 Å². The molecular weight excluding hydrogens is 200 g/mol. The maximum atomic E-state index is 9.77. The van der Waals surface area contributed by atoms with E-state index in [1.165, 1.54) is 12.5 Å². The van der Waals surface area contributed by atoms with Gasteiger partial charge in [0.25, 0.3) is 0 Å². The molecule has 2 aromatic rings. The van der Waals surface area contributed by atoms with Gasteiger partial charge in [-0.3, -0.25) is 9.59 Å². The first-order chi connectivity index (χ1) is 6.86. The van der Waals surface area contributed by atoms with E-state index in [1.54, 1.807) is 24.3 Å². The topological polar surface area (TPSA) is 91.9 Å². The predicted octanol–water partition coefficient (Wildman–Crippen LogP) is 1.36. The smallest absolute Gasteiger partial charge is 0.185 e. The molecule has 5 heteroatoms. The fourth-order valence-electron chi connectivity index (χ4n) is 0.717. The van der Waals surface area contributed by atoms with Gasteiger partial charge < -0.3 is 14.3 Å². The number of carbonyl (C=O) groups is 2. The highest BCUT2D eigenvalue weighted by Gasteiger charge is 1.85. The first-order valence-corrected chi connectivity index (χ1v) is 3.84. The number of aldehydes is 2. The number of hydrogen-bond acceptors (Lipinski definition) is 4. The highest BCUT2D eigenvalue weighted by atomic mass is 16.3. The van der Waals surface area contributed by atoms with Gasteiger partial charge in [-0.15, -0.1) is 0 Å². The molecule has 0 aliphatic rings. The molecule has 0 aliphatic carbocycles. The number of furan rings is 2. The van der Waals surface area contributed by atoms with Crippen LogP contribution in [0.15, 0.2) is 45.6 Å². The third-order valence-corrected chi connectivity index (χ3v) is 1.32. The standard InChI is InChI=1S/2C5H4O2.H2O/c2*6-4-5-2-1-3-7-5;/h2*1-4H;1H2. The Morgan fingerprint density at radius 1 is 0.867 bits per heavy atom. The Bertz CT molecular complexity index is 322. The van der Waals surface area contributed by atoms with E-state index in [4.69, 9.17) is 0 Å². The van der Waals surface area contributed by atoms with Gasteiger partial charge in [0, 0.05) is 0 Å². The van der Waals surface area contributed by atoms with Crippen LogP contribution in [-0.2, 0) is 0 Å². The molecule has 5 nitrogen and oxygen atoms in total. The SMILES string of the molecule is O.O=Cc1ccco1.O=Cc1ccco1. The van der Waals surface area contributed by atoms with Crippen molar-refractivity contribution in [2.75, 3.05) is 0 Å². The molecule has 2 heterocycles. The molecule has 0 aromatic carbocycles. The number of carbonyl (C=O) groups excluding carboxylic acids is 2. The summed E-state index contributed by atoms with van der Waals surface area (Å²) >= 11 is 0. The molecule has 2 aromatic heterocycles. The largest absolute Gasteiger partial charge is 0.462 e. The highest BCUT2D eigenvalue weighted by molar-refractivity contribution is 5.70. The summed E-state index contributed by atoms with van der Waals surface area (Å²) in [7, 11) is 0. The average Bonchev–Trinajstić information content (AvgIpc) is 2.92. The normalized spacial score (nSPS) is 8.00. The van der Waals surface area contributed by atoms with Gasteiger partial charge >= 0.3 is 0 Å². The quantitative estimate of drug-likeness (QED) is 0.699. The van der Waals surface area contributed by atoms with Crippen molar-refractivity contribution in [3.8, 4) is 0 Å². The molecule has 0 aliphatic heterocycles. The third kappa shape index (κ3) is 4.58. The zero-order valence-electron chi connectivity index (χ0n) is 7.75. The molecule has 0 bridgehead atoms. The van der Waals surface area contributed by atoms with E-state index in [-0.39, 0.29) is 5.48 Å². The molecule has 0 atom stereocenters. The Kier molecular flexibility index (Phi) is 6.24. The Morgan fingerprint density at radius 2 is 1.27 bits per heavy atom. The van der Waals surface area contributed by atoms with Gasteiger partial charge in [-0.25, -0.2) is 0 Å². The summed E-state index contributed by atoms with van der Waals surface area (Å²) in [6.07, 6.45) is 4.26.